The summed E-state index contributed by atoms with van der Waals surface area (Å²) in [6.07, 6.45) is 5.38. The van der Waals surface area contributed by atoms with Crippen LogP contribution < -0.4 is 0 Å². The van der Waals surface area contributed by atoms with Crippen LogP contribution in [0, 0.1) is 11.3 Å². The molecule has 1 saturated carbocycles. The van der Waals surface area contributed by atoms with Crippen LogP contribution in [0.15, 0.2) is 5.38 Å². The minimum atomic E-state index is -0.0298. The lowest BCUT2D eigenvalue weighted by molar-refractivity contribution is 0.0729. The zero-order chi connectivity index (χ0) is 14.2. The largest absolute Gasteiger partial charge is 0.396 e. The summed E-state index contributed by atoms with van der Waals surface area (Å²) < 4.78 is 0. The van der Waals surface area contributed by atoms with Crippen molar-refractivity contribution in [2.24, 2.45) is 11.3 Å². The van der Waals surface area contributed by atoms with E-state index >= 15 is 0 Å². The molecule has 1 amide bonds. The molecule has 0 aromatic carbocycles. The quantitative estimate of drug-likeness (QED) is 0.927. The summed E-state index contributed by atoms with van der Waals surface area (Å²) in [5.41, 5.74) is 0.560. The van der Waals surface area contributed by atoms with Crippen molar-refractivity contribution in [3.8, 4) is 0 Å². The van der Waals surface area contributed by atoms with Crippen LogP contribution >= 0.6 is 11.3 Å². The topological polar surface area (TPSA) is 53.4 Å². The minimum absolute atomic E-state index is 0.0298. The Morgan fingerprint density at radius 2 is 2.50 bits per heavy atom. The van der Waals surface area contributed by atoms with Crippen LogP contribution in [0.25, 0.3) is 0 Å². The van der Waals surface area contributed by atoms with Crippen LogP contribution in [0.2, 0.25) is 0 Å². The molecule has 0 spiro atoms. The van der Waals surface area contributed by atoms with Crippen molar-refractivity contribution < 1.29 is 9.90 Å². The minimum Gasteiger partial charge on any atom is -0.396 e. The molecule has 0 unspecified atom stereocenters. The van der Waals surface area contributed by atoms with Gasteiger partial charge in [0.2, 0.25) is 0 Å². The van der Waals surface area contributed by atoms with Crippen LogP contribution in [0.4, 0.5) is 0 Å². The summed E-state index contributed by atoms with van der Waals surface area (Å²) >= 11 is 1.58. The van der Waals surface area contributed by atoms with Gasteiger partial charge in [-0.2, -0.15) is 0 Å². The van der Waals surface area contributed by atoms with Crippen molar-refractivity contribution in [3.05, 3.63) is 16.1 Å². The summed E-state index contributed by atoms with van der Waals surface area (Å²) in [7, 11) is 0. The fourth-order valence-electron chi connectivity index (χ4n) is 3.73. The van der Waals surface area contributed by atoms with E-state index in [9.17, 15) is 9.90 Å². The molecule has 1 saturated heterocycles. The Morgan fingerprint density at radius 1 is 1.65 bits per heavy atom. The number of aliphatic hydroxyl groups is 1. The highest BCUT2D eigenvalue weighted by atomic mass is 32.1. The molecule has 2 atom stereocenters. The van der Waals surface area contributed by atoms with Crippen molar-refractivity contribution in [1.29, 1.82) is 0 Å². The Morgan fingerprint density at radius 3 is 3.20 bits per heavy atom. The molecule has 0 radical (unpaired) electrons. The van der Waals surface area contributed by atoms with E-state index in [1.165, 1.54) is 6.42 Å². The molecule has 0 bridgehead atoms. The zero-order valence-electron chi connectivity index (χ0n) is 12.0. The van der Waals surface area contributed by atoms with Gasteiger partial charge in [0.25, 0.3) is 5.91 Å². The van der Waals surface area contributed by atoms with Gasteiger partial charge in [-0.3, -0.25) is 4.79 Å². The van der Waals surface area contributed by atoms with Crippen molar-refractivity contribution >= 4 is 17.2 Å². The highest BCUT2D eigenvalue weighted by molar-refractivity contribution is 7.09. The Balaban J connectivity index is 1.72. The summed E-state index contributed by atoms with van der Waals surface area (Å²) in [6.45, 7) is 3.82. The summed E-state index contributed by atoms with van der Waals surface area (Å²) in [5.74, 6) is 0.524. The monoisotopic (exact) mass is 294 g/mol. The van der Waals surface area contributed by atoms with Gasteiger partial charge in [-0.15, -0.1) is 11.3 Å². The standard InChI is InChI=1S/C15H22N2O2S/c1-2-4-13-16-12(8-20-13)14(19)17-7-11-5-3-6-15(11,9-17)10-18/h8,11,18H,2-7,9-10H2,1H3/t11-,15+/m0/s1. The molecule has 2 heterocycles. The van der Waals surface area contributed by atoms with E-state index in [0.717, 1.165) is 37.2 Å². The second-order valence-electron chi connectivity index (χ2n) is 6.17. The van der Waals surface area contributed by atoms with Gasteiger partial charge in [0, 0.05) is 23.9 Å². The number of carbonyl (C=O) groups excluding carboxylic acids is 1. The third-order valence-corrected chi connectivity index (χ3v) is 5.79. The van der Waals surface area contributed by atoms with Crippen LogP contribution in [-0.2, 0) is 6.42 Å². The van der Waals surface area contributed by atoms with Crippen LogP contribution in [-0.4, -0.2) is 40.6 Å². The third kappa shape index (κ3) is 2.27. The molecule has 3 rings (SSSR count). The zero-order valence-corrected chi connectivity index (χ0v) is 12.8. The van der Waals surface area contributed by atoms with Gasteiger partial charge in [-0.1, -0.05) is 13.3 Å². The molecule has 1 aliphatic heterocycles. The Bertz CT molecular complexity index is 502. The molecular weight excluding hydrogens is 272 g/mol. The molecule has 1 N–H and O–H groups in total. The number of nitrogens with zero attached hydrogens (tertiary/aromatic N) is 2. The first-order valence-electron chi connectivity index (χ1n) is 7.53. The van der Waals surface area contributed by atoms with E-state index in [1.54, 1.807) is 11.3 Å². The van der Waals surface area contributed by atoms with Gasteiger partial charge < -0.3 is 10.0 Å². The second kappa shape index (κ2) is 5.45. The molecule has 110 valence electrons. The number of aryl methyl sites for hydroxylation is 1. The fraction of sp³-hybridized carbons (Fsp3) is 0.733. The number of rotatable bonds is 4. The number of thiazole rings is 1. The van der Waals surface area contributed by atoms with Gasteiger partial charge in [-0.05, 0) is 31.6 Å². The summed E-state index contributed by atoms with van der Waals surface area (Å²) in [4.78, 5) is 18.9. The number of carbonyl (C=O) groups is 1. The predicted molar refractivity (Wildman–Crippen MR) is 78.9 cm³/mol. The van der Waals surface area contributed by atoms with Crippen molar-refractivity contribution in [2.45, 2.75) is 39.0 Å². The van der Waals surface area contributed by atoms with E-state index < -0.39 is 0 Å². The number of hydrogen-bond donors (Lipinski definition) is 1. The van der Waals surface area contributed by atoms with Gasteiger partial charge in [-0.25, -0.2) is 4.98 Å². The third-order valence-electron chi connectivity index (χ3n) is 4.88. The van der Waals surface area contributed by atoms with E-state index in [0.29, 0.717) is 18.2 Å². The lowest BCUT2D eigenvalue weighted by Crippen LogP contribution is -2.34. The molecule has 2 aliphatic rings. The molecule has 20 heavy (non-hydrogen) atoms. The number of aromatic nitrogens is 1. The van der Waals surface area contributed by atoms with E-state index in [4.69, 9.17) is 0 Å². The highest BCUT2D eigenvalue weighted by Gasteiger charge is 2.50. The first kappa shape index (κ1) is 14.0. The van der Waals surface area contributed by atoms with Gasteiger partial charge in [0.15, 0.2) is 0 Å². The number of hydrogen-bond acceptors (Lipinski definition) is 4. The normalized spacial score (nSPS) is 28.9. The van der Waals surface area contributed by atoms with Gasteiger partial charge in [0.1, 0.15) is 5.69 Å². The van der Waals surface area contributed by atoms with E-state index in [2.05, 4.69) is 11.9 Å². The number of aliphatic hydroxyl groups excluding tert-OH is 1. The SMILES string of the molecule is CCCc1nc(C(=O)N2C[C@@H]3CCC[C@]3(CO)C2)cs1. The maximum atomic E-state index is 12.5. The maximum absolute atomic E-state index is 12.5. The lowest BCUT2D eigenvalue weighted by Gasteiger charge is -2.25. The first-order valence-corrected chi connectivity index (χ1v) is 8.41. The molecular formula is C15H22N2O2S. The average Bonchev–Trinajstić information content (AvgIpc) is 3.11. The number of amides is 1. The van der Waals surface area contributed by atoms with Crippen molar-refractivity contribution in [1.82, 2.24) is 9.88 Å². The Labute approximate surface area is 123 Å². The Kier molecular flexibility index (Phi) is 3.82. The Hall–Kier alpha value is -0.940. The molecule has 2 fully saturated rings. The van der Waals surface area contributed by atoms with E-state index in [-0.39, 0.29) is 17.9 Å². The molecule has 4 nitrogen and oxygen atoms in total. The van der Waals surface area contributed by atoms with Crippen LogP contribution in [0.5, 0.6) is 0 Å². The second-order valence-corrected chi connectivity index (χ2v) is 7.11. The molecule has 5 heteroatoms. The summed E-state index contributed by atoms with van der Waals surface area (Å²) in [6, 6.07) is 0. The van der Waals surface area contributed by atoms with Gasteiger partial charge in [0.05, 0.1) is 11.6 Å². The predicted octanol–water partition coefficient (Wildman–Crippen LogP) is 2.33. The van der Waals surface area contributed by atoms with Gasteiger partial charge >= 0.3 is 0 Å². The molecule has 1 aromatic rings. The molecule has 1 aliphatic carbocycles. The molecule has 1 aromatic heterocycles. The maximum Gasteiger partial charge on any atom is 0.273 e. The average molecular weight is 294 g/mol. The van der Waals surface area contributed by atoms with Crippen molar-refractivity contribution in [2.75, 3.05) is 19.7 Å². The van der Waals surface area contributed by atoms with E-state index in [1.807, 2.05) is 10.3 Å². The van der Waals surface area contributed by atoms with Crippen LogP contribution in [0.3, 0.4) is 0 Å². The highest BCUT2D eigenvalue weighted by Crippen LogP contribution is 2.48. The summed E-state index contributed by atoms with van der Waals surface area (Å²) in [5, 5.41) is 12.6. The number of likely N-dealkylation sites (tertiary alicyclic amines) is 1. The fourth-order valence-corrected chi connectivity index (χ4v) is 4.60. The lowest BCUT2D eigenvalue weighted by atomic mass is 9.82. The first-order chi connectivity index (χ1) is 9.68. The van der Waals surface area contributed by atoms with Crippen molar-refractivity contribution in [3.63, 3.8) is 0 Å². The van der Waals surface area contributed by atoms with Crippen LogP contribution in [0.1, 0.15) is 48.1 Å². The number of fused-ring (bicyclic) bond motifs is 1. The smallest absolute Gasteiger partial charge is 0.273 e.